The average molecular weight is 312 g/mol. The number of nitrogen functional groups attached to an aromatic ring is 1. The number of benzene rings is 1. The summed E-state index contributed by atoms with van der Waals surface area (Å²) in [5.41, 5.74) is 6.78. The predicted molar refractivity (Wildman–Crippen MR) is 77.2 cm³/mol. The molecule has 18 heavy (non-hydrogen) atoms. The Morgan fingerprint density at radius 2 is 2.06 bits per heavy atom. The SMILES string of the molecule is CC1(O)CCN(c2ccc(Br)cc2C(=N)N)CC1. The molecule has 1 aromatic carbocycles. The van der Waals surface area contributed by atoms with E-state index in [1.54, 1.807) is 0 Å². The Kier molecular flexibility index (Phi) is 3.64. The Balaban J connectivity index is 2.26. The summed E-state index contributed by atoms with van der Waals surface area (Å²) in [5, 5.41) is 17.6. The molecule has 98 valence electrons. The summed E-state index contributed by atoms with van der Waals surface area (Å²) in [6.45, 7) is 3.45. The minimum atomic E-state index is -0.567. The number of hydrogen-bond acceptors (Lipinski definition) is 3. The van der Waals surface area contributed by atoms with Gasteiger partial charge in [0.05, 0.1) is 5.60 Å². The molecule has 0 saturated carbocycles. The van der Waals surface area contributed by atoms with E-state index < -0.39 is 5.60 Å². The van der Waals surface area contributed by atoms with E-state index in [0.29, 0.717) is 0 Å². The monoisotopic (exact) mass is 311 g/mol. The molecule has 0 aliphatic carbocycles. The van der Waals surface area contributed by atoms with Gasteiger partial charge in [0.25, 0.3) is 0 Å². The molecule has 0 aromatic heterocycles. The molecule has 0 bridgehead atoms. The molecular weight excluding hydrogens is 294 g/mol. The largest absolute Gasteiger partial charge is 0.390 e. The summed E-state index contributed by atoms with van der Waals surface area (Å²) in [4.78, 5) is 2.18. The number of amidine groups is 1. The first-order valence-corrected chi connectivity index (χ1v) is 6.80. The van der Waals surface area contributed by atoms with Crippen LogP contribution in [-0.4, -0.2) is 29.6 Å². The number of hydrogen-bond donors (Lipinski definition) is 3. The summed E-state index contributed by atoms with van der Waals surface area (Å²) >= 11 is 3.40. The highest BCUT2D eigenvalue weighted by Crippen LogP contribution is 2.29. The fourth-order valence-corrected chi connectivity index (χ4v) is 2.59. The second kappa shape index (κ2) is 4.90. The normalized spacial score (nSPS) is 18.7. The molecule has 1 heterocycles. The van der Waals surface area contributed by atoms with Crippen molar-refractivity contribution < 1.29 is 5.11 Å². The fourth-order valence-electron chi connectivity index (χ4n) is 2.23. The molecule has 4 nitrogen and oxygen atoms in total. The fraction of sp³-hybridized carbons (Fsp3) is 0.462. The molecule has 5 heteroatoms. The lowest BCUT2D eigenvalue weighted by atomic mass is 9.93. The highest BCUT2D eigenvalue weighted by atomic mass is 79.9. The molecule has 0 radical (unpaired) electrons. The van der Waals surface area contributed by atoms with Crippen molar-refractivity contribution in [3.63, 3.8) is 0 Å². The van der Waals surface area contributed by atoms with Crippen LogP contribution in [0.5, 0.6) is 0 Å². The summed E-state index contributed by atoms with van der Waals surface area (Å²) in [5.74, 6) is 0.0728. The second-order valence-corrected chi connectivity index (χ2v) is 5.97. The van der Waals surface area contributed by atoms with Crippen LogP contribution in [0.1, 0.15) is 25.3 Å². The molecule has 1 saturated heterocycles. The van der Waals surface area contributed by atoms with Gasteiger partial charge in [-0.2, -0.15) is 0 Å². The van der Waals surface area contributed by atoms with Crippen molar-refractivity contribution in [2.75, 3.05) is 18.0 Å². The predicted octanol–water partition coefficient (Wildman–Crippen LogP) is 2.08. The smallest absolute Gasteiger partial charge is 0.124 e. The van der Waals surface area contributed by atoms with E-state index in [1.165, 1.54) is 0 Å². The van der Waals surface area contributed by atoms with Crippen molar-refractivity contribution in [1.82, 2.24) is 0 Å². The maximum absolute atomic E-state index is 9.96. The van der Waals surface area contributed by atoms with Gasteiger partial charge in [0.15, 0.2) is 0 Å². The van der Waals surface area contributed by atoms with Crippen molar-refractivity contribution in [3.8, 4) is 0 Å². The number of anilines is 1. The van der Waals surface area contributed by atoms with Crippen LogP contribution in [0.25, 0.3) is 0 Å². The number of halogens is 1. The van der Waals surface area contributed by atoms with Gasteiger partial charge in [-0.05, 0) is 38.0 Å². The lowest BCUT2D eigenvalue weighted by molar-refractivity contribution is 0.0351. The first-order chi connectivity index (χ1) is 8.39. The zero-order valence-electron chi connectivity index (χ0n) is 10.4. The summed E-state index contributed by atoms with van der Waals surface area (Å²) in [7, 11) is 0. The van der Waals surface area contributed by atoms with Crippen LogP contribution >= 0.6 is 15.9 Å². The molecule has 1 aromatic rings. The van der Waals surface area contributed by atoms with E-state index >= 15 is 0 Å². The van der Waals surface area contributed by atoms with Crippen LogP contribution in [0, 0.1) is 5.41 Å². The molecule has 0 spiro atoms. The Morgan fingerprint density at radius 3 is 2.61 bits per heavy atom. The molecule has 4 N–H and O–H groups in total. The second-order valence-electron chi connectivity index (χ2n) is 5.06. The van der Waals surface area contributed by atoms with Gasteiger partial charge in [-0.25, -0.2) is 0 Å². The third-order valence-electron chi connectivity index (χ3n) is 3.43. The Morgan fingerprint density at radius 1 is 1.44 bits per heavy atom. The molecular formula is C13H18BrN3O. The number of aliphatic hydroxyl groups is 1. The lowest BCUT2D eigenvalue weighted by Crippen LogP contribution is -2.43. The van der Waals surface area contributed by atoms with Gasteiger partial charge < -0.3 is 15.7 Å². The number of rotatable bonds is 2. The van der Waals surface area contributed by atoms with E-state index in [4.69, 9.17) is 11.1 Å². The van der Waals surface area contributed by atoms with Gasteiger partial charge in [0.1, 0.15) is 5.84 Å². The van der Waals surface area contributed by atoms with Gasteiger partial charge in [-0.1, -0.05) is 15.9 Å². The first-order valence-electron chi connectivity index (χ1n) is 6.00. The van der Waals surface area contributed by atoms with E-state index in [1.807, 2.05) is 25.1 Å². The third kappa shape index (κ3) is 2.84. The van der Waals surface area contributed by atoms with Gasteiger partial charge in [0, 0.05) is 28.8 Å². The summed E-state index contributed by atoms with van der Waals surface area (Å²) < 4.78 is 0.917. The van der Waals surface area contributed by atoms with Crippen LogP contribution in [0.2, 0.25) is 0 Å². The highest BCUT2D eigenvalue weighted by molar-refractivity contribution is 9.10. The van der Waals surface area contributed by atoms with E-state index in [0.717, 1.165) is 41.7 Å². The minimum Gasteiger partial charge on any atom is -0.390 e. The molecule has 1 fully saturated rings. The summed E-state index contributed by atoms with van der Waals surface area (Å²) in [6, 6.07) is 5.79. The van der Waals surface area contributed by atoms with Crippen molar-refractivity contribution in [2.45, 2.75) is 25.4 Å². The maximum atomic E-state index is 9.96. The number of nitrogens with one attached hydrogen (secondary N) is 1. The van der Waals surface area contributed by atoms with Crippen LogP contribution in [0.15, 0.2) is 22.7 Å². The van der Waals surface area contributed by atoms with Gasteiger partial charge in [0.2, 0.25) is 0 Å². The Labute approximate surface area is 115 Å². The van der Waals surface area contributed by atoms with Crippen LogP contribution < -0.4 is 10.6 Å². The van der Waals surface area contributed by atoms with Gasteiger partial charge in [-0.15, -0.1) is 0 Å². The molecule has 0 unspecified atom stereocenters. The topological polar surface area (TPSA) is 73.3 Å². The minimum absolute atomic E-state index is 0.0728. The molecule has 2 rings (SSSR count). The lowest BCUT2D eigenvalue weighted by Gasteiger charge is -2.37. The zero-order chi connectivity index (χ0) is 13.3. The van der Waals surface area contributed by atoms with Crippen LogP contribution in [-0.2, 0) is 0 Å². The van der Waals surface area contributed by atoms with Crippen LogP contribution in [0.4, 0.5) is 5.69 Å². The third-order valence-corrected chi connectivity index (χ3v) is 3.92. The standard InChI is InChI=1S/C13H18BrN3O/c1-13(18)4-6-17(7-5-13)11-3-2-9(14)8-10(11)12(15)16/h2-3,8,18H,4-7H2,1H3,(H3,15,16). The first kappa shape index (κ1) is 13.4. The van der Waals surface area contributed by atoms with Gasteiger partial charge >= 0.3 is 0 Å². The number of piperidine rings is 1. The Hall–Kier alpha value is -1.07. The number of nitrogens with zero attached hydrogens (tertiary/aromatic N) is 1. The van der Waals surface area contributed by atoms with Crippen molar-refractivity contribution in [3.05, 3.63) is 28.2 Å². The molecule has 1 aliphatic rings. The Bertz CT molecular complexity index is 463. The highest BCUT2D eigenvalue weighted by Gasteiger charge is 2.28. The maximum Gasteiger partial charge on any atom is 0.124 e. The van der Waals surface area contributed by atoms with E-state index in [2.05, 4.69) is 20.8 Å². The summed E-state index contributed by atoms with van der Waals surface area (Å²) in [6.07, 6.45) is 1.47. The van der Waals surface area contributed by atoms with Gasteiger partial charge in [-0.3, -0.25) is 5.41 Å². The van der Waals surface area contributed by atoms with Crippen LogP contribution in [0.3, 0.4) is 0 Å². The number of nitrogens with two attached hydrogens (primary N) is 1. The molecule has 1 aliphatic heterocycles. The van der Waals surface area contributed by atoms with Crippen molar-refractivity contribution in [2.24, 2.45) is 5.73 Å². The van der Waals surface area contributed by atoms with Crippen molar-refractivity contribution >= 4 is 27.5 Å². The van der Waals surface area contributed by atoms with Crippen molar-refractivity contribution in [1.29, 1.82) is 5.41 Å². The molecule has 0 amide bonds. The van der Waals surface area contributed by atoms with E-state index in [-0.39, 0.29) is 5.84 Å². The zero-order valence-corrected chi connectivity index (χ0v) is 12.0. The molecule has 0 atom stereocenters. The van der Waals surface area contributed by atoms with E-state index in [9.17, 15) is 5.11 Å². The average Bonchev–Trinajstić information content (AvgIpc) is 2.29. The quantitative estimate of drug-likeness (QED) is 0.578.